The number of nitrogens with one attached hydrogen (secondary N) is 1. The summed E-state index contributed by atoms with van der Waals surface area (Å²) in [6.07, 6.45) is 27.3. The molecule has 0 radical (unpaired) electrons. The first kappa shape index (κ1) is 35.9. The van der Waals surface area contributed by atoms with Crippen molar-refractivity contribution in [3.05, 3.63) is 0 Å². The highest BCUT2D eigenvalue weighted by atomic mass is 16.5. The maximum absolute atomic E-state index is 5.91. The highest BCUT2D eigenvalue weighted by Crippen LogP contribution is 2.35. The van der Waals surface area contributed by atoms with Crippen LogP contribution in [0, 0.1) is 11.3 Å². The molecule has 2 unspecified atom stereocenters. The highest BCUT2D eigenvalue weighted by molar-refractivity contribution is 4.74. The SMILES string of the molecule is CCCCCCCC(C)(CCCC)CCCOCCOCCNCC(CCCCC)CCCCCC. The maximum Gasteiger partial charge on any atom is 0.0701 e. The Balaban J connectivity index is 3.82. The highest BCUT2D eigenvalue weighted by Gasteiger charge is 2.22. The summed E-state index contributed by atoms with van der Waals surface area (Å²) in [4.78, 5) is 0. The molecule has 0 aromatic heterocycles. The molecule has 0 rings (SSSR count). The Labute approximate surface area is 228 Å². The first-order valence-corrected chi connectivity index (χ1v) is 16.5. The number of rotatable bonds is 30. The number of unbranched alkanes of at least 4 members (excludes halogenated alkanes) is 10. The van der Waals surface area contributed by atoms with Crippen molar-refractivity contribution in [1.29, 1.82) is 0 Å². The quantitative estimate of drug-likeness (QED) is 0.0973. The molecular weight excluding hydrogens is 442 g/mol. The van der Waals surface area contributed by atoms with Gasteiger partial charge in [-0.25, -0.2) is 0 Å². The predicted octanol–water partition coefficient (Wildman–Crippen LogP) is 10.1. The Morgan fingerprint density at radius 2 is 1.03 bits per heavy atom. The summed E-state index contributed by atoms with van der Waals surface area (Å²) in [5.74, 6) is 0.844. The third-order valence-electron chi connectivity index (χ3n) is 8.00. The van der Waals surface area contributed by atoms with Crippen molar-refractivity contribution in [3.63, 3.8) is 0 Å². The van der Waals surface area contributed by atoms with Crippen LogP contribution in [-0.2, 0) is 9.47 Å². The summed E-state index contributed by atoms with van der Waals surface area (Å²) < 4.78 is 11.7. The first-order chi connectivity index (χ1) is 17.6. The van der Waals surface area contributed by atoms with E-state index in [-0.39, 0.29) is 0 Å². The van der Waals surface area contributed by atoms with E-state index in [1.165, 1.54) is 128 Å². The van der Waals surface area contributed by atoms with Crippen molar-refractivity contribution >= 4 is 0 Å². The molecule has 1 N–H and O–H groups in total. The molecule has 0 bridgehead atoms. The Kier molecular flexibility index (Phi) is 27.8. The van der Waals surface area contributed by atoms with Gasteiger partial charge in [0.05, 0.1) is 19.8 Å². The zero-order valence-corrected chi connectivity index (χ0v) is 25.8. The van der Waals surface area contributed by atoms with Gasteiger partial charge in [-0.05, 0) is 56.4 Å². The minimum atomic E-state index is 0.512. The van der Waals surface area contributed by atoms with Crippen molar-refractivity contribution in [2.75, 3.05) is 39.5 Å². The molecule has 0 aliphatic rings. The summed E-state index contributed by atoms with van der Waals surface area (Å²) in [6, 6.07) is 0. The van der Waals surface area contributed by atoms with E-state index in [1.807, 2.05) is 0 Å². The van der Waals surface area contributed by atoms with Gasteiger partial charge in [0.1, 0.15) is 0 Å². The van der Waals surface area contributed by atoms with Crippen LogP contribution in [0.3, 0.4) is 0 Å². The monoisotopic (exact) mass is 512 g/mol. The van der Waals surface area contributed by atoms with Gasteiger partial charge in [0.25, 0.3) is 0 Å². The Morgan fingerprint density at radius 1 is 0.528 bits per heavy atom. The third-order valence-corrected chi connectivity index (χ3v) is 8.00. The molecule has 0 heterocycles. The van der Waals surface area contributed by atoms with E-state index < -0.39 is 0 Å². The summed E-state index contributed by atoms with van der Waals surface area (Å²) in [5.41, 5.74) is 0.512. The molecule has 0 aliphatic heterocycles. The fourth-order valence-electron chi connectivity index (χ4n) is 5.40. The van der Waals surface area contributed by atoms with Gasteiger partial charge in [-0.1, -0.05) is 125 Å². The van der Waals surface area contributed by atoms with Crippen LogP contribution < -0.4 is 5.32 Å². The van der Waals surface area contributed by atoms with E-state index >= 15 is 0 Å². The van der Waals surface area contributed by atoms with Gasteiger partial charge in [-0.2, -0.15) is 0 Å². The number of hydrogen-bond acceptors (Lipinski definition) is 3. The minimum Gasteiger partial charge on any atom is -0.379 e. The van der Waals surface area contributed by atoms with Crippen LogP contribution in [0.25, 0.3) is 0 Å². The molecule has 218 valence electrons. The van der Waals surface area contributed by atoms with Crippen LogP contribution in [0.4, 0.5) is 0 Å². The van der Waals surface area contributed by atoms with E-state index in [0.717, 1.165) is 45.4 Å². The fraction of sp³-hybridized carbons (Fsp3) is 1.00. The summed E-state index contributed by atoms with van der Waals surface area (Å²) >= 11 is 0. The molecule has 0 fully saturated rings. The average molecular weight is 512 g/mol. The van der Waals surface area contributed by atoms with Crippen LogP contribution in [0.1, 0.15) is 163 Å². The van der Waals surface area contributed by atoms with Crippen LogP contribution in [-0.4, -0.2) is 39.5 Å². The van der Waals surface area contributed by atoms with Crippen molar-refractivity contribution in [3.8, 4) is 0 Å². The van der Waals surface area contributed by atoms with Gasteiger partial charge in [0.15, 0.2) is 0 Å². The smallest absolute Gasteiger partial charge is 0.0701 e. The number of hydrogen-bond donors (Lipinski definition) is 1. The second kappa shape index (κ2) is 27.9. The zero-order valence-electron chi connectivity index (χ0n) is 25.8. The van der Waals surface area contributed by atoms with Crippen molar-refractivity contribution in [2.24, 2.45) is 11.3 Å². The molecule has 3 heteroatoms. The second-order valence-electron chi connectivity index (χ2n) is 11.8. The standard InChI is InChI=1S/C33H69NO2/c1-6-10-14-16-19-24-33(5,23-13-9-4)25-20-27-35-29-30-36-28-26-34-31-32(21-17-12-8-3)22-18-15-11-7-2/h32,34H,6-31H2,1-5H3. The predicted molar refractivity (Wildman–Crippen MR) is 161 cm³/mol. The van der Waals surface area contributed by atoms with E-state index in [0.29, 0.717) is 5.41 Å². The third kappa shape index (κ3) is 24.2. The molecule has 0 aromatic rings. The minimum absolute atomic E-state index is 0.512. The molecule has 0 saturated heterocycles. The molecule has 36 heavy (non-hydrogen) atoms. The lowest BCUT2D eigenvalue weighted by atomic mass is 9.76. The topological polar surface area (TPSA) is 30.5 Å². The van der Waals surface area contributed by atoms with Crippen LogP contribution in [0.15, 0.2) is 0 Å². The Bertz CT molecular complexity index is 416. The molecule has 0 aromatic carbocycles. The van der Waals surface area contributed by atoms with Gasteiger partial charge < -0.3 is 14.8 Å². The maximum atomic E-state index is 5.91. The summed E-state index contributed by atoms with van der Waals surface area (Å²) in [5, 5.41) is 3.66. The van der Waals surface area contributed by atoms with Crippen molar-refractivity contribution in [2.45, 2.75) is 163 Å². The molecule has 0 aliphatic carbocycles. The van der Waals surface area contributed by atoms with Gasteiger partial charge in [0.2, 0.25) is 0 Å². The Morgan fingerprint density at radius 3 is 1.69 bits per heavy atom. The summed E-state index contributed by atoms with van der Waals surface area (Å²) in [6.45, 7) is 17.0. The number of ether oxygens (including phenoxy) is 2. The fourth-order valence-corrected chi connectivity index (χ4v) is 5.40. The largest absolute Gasteiger partial charge is 0.379 e. The van der Waals surface area contributed by atoms with Crippen LogP contribution in [0.5, 0.6) is 0 Å². The molecule has 0 amide bonds. The van der Waals surface area contributed by atoms with Crippen LogP contribution in [0.2, 0.25) is 0 Å². The van der Waals surface area contributed by atoms with Gasteiger partial charge in [-0.15, -0.1) is 0 Å². The normalized spacial score (nSPS) is 14.2. The molecule has 3 nitrogen and oxygen atoms in total. The lowest BCUT2D eigenvalue weighted by molar-refractivity contribution is 0.0433. The Hall–Kier alpha value is -0.120. The van der Waals surface area contributed by atoms with E-state index in [1.54, 1.807) is 0 Å². The van der Waals surface area contributed by atoms with Crippen LogP contribution >= 0.6 is 0 Å². The van der Waals surface area contributed by atoms with Crippen molar-refractivity contribution < 1.29 is 9.47 Å². The van der Waals surface area contributed by atoms with E-state index in [9.17, 15) is 0 Å². The summed E-state index contributed by atoms with van der Waals surface area (Å²) in [7, 11) is 0. The van der Waals surface area contributed by atoms with E-state index in [4.69, 9.17) is 9.47 Å². The molecule has 2 atom stereocenters. The zero-order chi connectivity index (χ0) is 26.6. The van der Waals surface area contributed by atoms with E-state index in [2.05, 4.69) is 39.9 Å². The van der Waals surface area contributed by atoms with Gasteiger partial charge in [0, 0.05) is 13.2 Å². The second-order valence-corrected chi connectivity index (χ2v) is 11.8. The van der Waals surface area contributed by atoms with Crippen molar-refractivity contribution in [1.82, 2.24) is 5.32 Å². The lowest BCUT2D eigenvalue weighted by Crippen LogP contribution is -2.27. The van der Waals surface area contributed by atoms with Gasteiger partial charge >= 0.3 is 0 Å². The molecular formula is C33H69NO2. The lowest BCUT2D eigenvalue weighted by Gasteiger charge is -2.30. The molecule has 0 spiro atoms. The molecule has 0 saturated carbocycles. The van der Waals surface area contributed by atoms with Gasteiger partial charge in [-0.3, -0.25) is 0 Å². The first-order valence-electron chi connectivity index (χ1n) is 16.5. The average Bonchev–Trinajstić information content (AvgIpc) is 2.88.